The maximum atomic E-state index is 11.1. The summed E-state index contributed by atoms with van der Waals surface area (Å²) in [6.45, 7) is 3.64. The SMILES string of the molecule is CCCCC(=O)CCCC(C)=O. The molecule has 0 rings (SSSR count). The lowest BCUT2D eigenvalue weighted by molar-refractivity contribution is -0.119. The fourth-order valence-corrected chi connectivity index (χ4v) is 1.03. The highest BCUT2D eigenvalue weighted by atomic mass is 16.1. The maximum absolute atomic E-state index is 11.1. The molecule has 2 nitrogen and oxygen atoms in total. The van der Waals surface area contributed by atoms with Crippen molar-refractivity contribution in [3.05, 3.63) is 0 Å². The quantitative estimate of drug-likeness (QED) is 0.588. The van der Waals surface area contributed by atoms with Gasteiger partial charge in [0.25, 0.3) is 0 Å². The Labute approximate surface area is 74.3 Å². The van der Waals surface area contributed by atoms with Crippen LogP contribution >= 0.6 is 0 Å². The van der Waals surface area contributed by atoms with Crippen molar-refractivity contribution in [3.8, 4) is 0 Å². The monoisotopic (exact) mass is 170 g/mol. The molecule has 0 saturated carbocycles. The van der Waals surface area contributed by atoms with Crippen LogP contribution in [0.1, 0.15) is 52.4 Å². The standard InChI is InChI=1S/C10H18O2/c1-3-4-7-10(12)8-5-6-9(2)11/h3-8H2,1-2H3. The highest BCUT2D eigenvalue weighted by Gasteiger charge is 2.01. The van der Waals surface area contributed by atoms with E-state index in [0.29, 0.717) is 25.0 Å². The Balaban J connectivity index is 3.25. The topological polar surface area (TPSA) is 34.1 Å². The zero-order valence-corrected chi connectivity index (χ0v) is 8.06. The van der Waals surface area contributed by atoms with Crippen LogP contribution in [-0.2, 0) is 9.59 Å². The molecule has 0 aromatic heterocycles. The first kappa shape index (κ1) is 11.3. The fourth-order valence-electron chi connectivity index (χ4n) is 1.03. The summed E-state index contributed by atoms with van der Waals surface area (Å²) in [4.78, 5) is 21.6. The molecule has 0 aromatic rings. The second-order valence-electron chi connectivity index (χ2n) is 3.20. The fraction of sp³-hybridized carbons (Fsp3) is 0.800. The van der Waals surface area contributed by atoms with Crippen molar-refractivity contribution >= 4 is 11.6 Å². The Kier molecular flexibility index (Phi) is 6.63. The van der Waals surface area contributed by atoms with Gasteiger partial charge in [-0.25, -0.2) is 0 Å². The largest absolute Gasteiger partial charge is 0.300 e. The summed E-state index contributed by atoms with van der Waals surface area (Å²) in [6.07, 6.45) is 4.61. The van der Waals surface area contributed by atoms with Crippen molar-refractivity contribution in [1.29, 1.82) is 0 Å². The third-order valence-corrected chi connectivity index (χ3v) is 1.79. The zero-order chi connectivity index (χ0) is 9.40. The highest BCUT2D eigenvalue weighted by Crippen LogP contribution is 2.03. The van der Waals surface area contributed by atoms with Crippen molar-refractivity contribution in [3.63, 3.8) is 0 Å². The molecule has 0 spiro atoms. The van der Waals surface area contributed by atoms with E-state index in [1.165, 1.54) is 0 Å². The van der Waals surface area contributed by atoms with Gasteiger partial charge in [-0.2, -0.15) is 0 Å². The first-order valence-corrected chi connectivity index (χ1v) is 4.68. The van der Waals surface area contributed by atoms with Crippen LogP contribution in [0.15, 0.2) is 0 Å². The van der Waals surface area contributed by atoms with Gasteiger partial charge in [0.05, 0.1) is 0 Å². The van der Waals surface area contributed by atoms with E-state index in [0.717, 1.165) is 19.3 Å². The third kappa shape index (κ3) is 7.45. The number of rotatable bonds is 7. The Hall–Kier alpha value is -0.660. The minimum atomic E-state index is 0.179. The Morgan fingerprint density at radius 1 is 1.00 bits per heavy atom. The summed E-state index contributed by atoms with van der Waals surface area (Å²) in [5.41, 5.74) is 0. The second-order valence-corrected chi connectivity index (χ2v) is 3.20. The molecule has 0 N–H and O–H groups in total. The molecule has 2 heteroatoms. The van der Waals surface area contributed by atoms with Gasteiger partial charge in [0.1, 0.15) is 11.6 Å². The minimum Gasteiger partial charge on any atom is -0.300 e. The smallest absolute Gasteiger partial charge is 0.132 e. The number of Topliss-reactive ketones (excluding diaryl/α,β-unsaturated/α-hetero) is 2. The summed E-state index contributed by atoms with van der Waals surface area (Å²) < 4.78 is 0. The Morgan fingerprint density at radius 3 is 2.08 bits per heavy atom. The lowest BCUT2D eigenvalue weighted by atomic mass is 10.1. The van der Waals surface area contributed by atoms with E-state index in [1.807, 2.05) is 0 Å². The van der Waals surface area contributed by atoms with Crippen LogP contribution < -0.4 is 0 Å². The lowest BCUT2D eigenvalue weighted by Gasteiger charge is -1.97. The molecule has 0 aromatic carbocycles. The summed E-state index contributed by atoms with van der Waals surface area (Å²) in [5, 5.41) is 0. The molecule has 0 atom stereocenters. The Morgan fingerprint density at radius 2 is 1.58 bits per heavy atom. The molecule has 0 amide bonds. The van der Waals surface area contributed by atoms with Crippen molar-refractivity contribution < 1.29 is 9.59 Å². The van der Waals surface area contributed by atoms with Gasteiger partial charge in [-0.1, -0.05) is 13.3 Å². The van der Waals surface area contributed by atoms with Crippen LogP contribution in [-0.4, -0.2) is 11.6 Å². The van der Waals surface area contributed by atoms with E-state index in [4.69, 9.17) is 0 Å². The number of hydrogen-bond acceptors (Lipinski definition) is 2. The number of ketones is 2. The van der Waals surface area contributed by atoms with Gasteiger partial charge in [-0.15, -0.1) is 0 Å². The third-order valence-electron chi connectivity index (χ3n) is 1.79. The van der Waals surface area contributed by atoms with E-state index >= 15 is 0 Å². The van der Waals surface area contributed by atoms with E-state index < -0.39 is 0 Å². The number of carbonyl (C=O) groups excluding carboxylic acids is 2. The molecule has 0 aliphatic heterocycles. The van der Waals surface area contributed by atoms with E-state index in [-0.39, 0.29) is 5.78 Å². The molecule has 0 unspecified atom stereocenters. The molecule has 0 aliphatic carbocycles. The number of hydrogen-bond donors (Lipinski definition) is 0. The second kappa shape index (κ2) is 7.01. The summed E-state index contributed by atoms with van der Waals surface area (Å²) >= 11 is 0. The van der Waals surface area contributed by atoms with Crippen LogP contribution in [0.25, 0.3) is 0 Å². The number of unbranched alkanes of at least 4 members (excludes halogenated alkanes) is 1. The average Bonchev–Trinajstić information content (AvgIpc) is 2.00. The molecule has 0 radical (unpaired) electrons. The molecule has 0 fully saturated rings. The highest BCUT2D eigenvalue weighted by molar-refractivity contribution is 5.80. The minimum absolute atomic E-state index is 0.179. The Bertz CT molecular complexity index is 150. The van der Waals surface area contributed by atoms with Gasteiger partial charge in [-0.05, 0) is 19.8 Å². The first-order valence-electron chi connectivity index (χ1n) is 4.68. The van der Waals surface area contributed by atoms with Gasteiger partial charge in [0.15, 0.2) is 0 Å². The van der Waals surface area contributed by atoms with Crippen molar-refractivity contribution in [1.82, 2.24) is 0 Å². The molecular formula is C10H18O2. The predicted octanol–water partition coefficient (Wildman–Crippen LogP) is 2.51. The molecule has 0 saturated heterocycles. The molecule has 0 heterocycles. The predicted molar refractivity (Wildman–Crippen MR) is 49.1 cm³/mol. The van der Waals surface area contributed by atoms with Crippen molar-refractivity contribution in [2.24, 2.45) is 0 Å². The zero-order valence-electron chi connectivity index (χ0n) is 8.06. The molecule has 12 heavy (non-hydrogen) atoms. The lowest BCUT2D eigenvalue weighted by Crippen LogP contribution is -1.99. The normalized spacial score (nSPS) is 9.83. The van der Waals surface area contributed by atoms with Crippen LogP contribution in [0.2, 0.25) is 0 Å². The van der Waals surface area contributed by atoms with Crippen molar-refractivity contribution in [2.75, 3.05) is 0 Å². The van der Waals surface area contributed by atoms with Crippen LogP contribution in [0, 0.1) is 0 Å². The molecule has 70 valence electrons. The molecular weight excluding hydrogens is 152 g/mol. The van der Waals surface area contributed by atoms with Gasteiger partial charge in [0, 0.05) is 19.3 Å². The maximum Gasteiger partial charge on any atom is 0.132 e. The van der Waals surface area contributed by atoms with Gasteiger partial charge < -0.3 is 4.79 Å². The van der Waals surface area contributed by atoms with Crippen LogP contribution in [0.3, 0.4) is 0 Å². The van der Waals surface area contributed by atoms with Crippen LogP contribution in [0.5, 0.6) is 0 Å². The van der Waals surface area contributed by atoms with Crippen molar-refractivity contribution in [2.45, 2.75) is 52.4 Å². The average molecular weight is 170 g/mol. The van der Waals surface area contributed by atoms with Gasteiger partial charge in [0.2, 0.25) is 0 Å². The molecule has 0 bridgehead atoms. The summed E-state index contributed by atoms with van der Waals surface area (Å²) in [5.74, 6) is 0.483. The number of carbonyl (C=O) groups is 2. The van der Waals surface area contributed by atoms with Gasteiger partial charge in [-0.3, -0.25) is 4.79 Å². The van der Waals surface area contributed by atoms with E-state index in [2.05, 4.69) is 6.92 Å². The summed E-state index contributed by atoms with van der Waals surface area (Å²) in [6, 6.07) is 0. The van der Waals surface area contributed by atoms with Crippen LogP contribution in [0.4, 0.5) is 0 Å². The van der Waals surface area contributed by atoms with Gasteiger partial charge >= 0.3 is 0 Å². The van der Waals surface area contributed by atoms with E-state index in [9.17, 15) is 9.59 Å². The summed E-state index contributed by atoms with van der Waals surface area (Å²) in [7, 11) is 0. The molecule has 0 aliphatic rings. The van der Waals surface area contributed by atoms with E-state index in [1.54, 1.807) is 6.92 Å². The first-order chi connectivity index (χ1) is 5.66.